The van der Waals surface area contributed by atoms with Gasteiger partial charge in [0.2, 0.25) is 15.9 Å². The third-order valence-corrected chi connectivity index (χ3v) is 6.72. The Bertz CT molecular complexity index is 1010. The Balaban J connectivity index is 1.89. The number of carbonyl (C=O) groups is 1. The molecule has 150 valence electrons. The number of nitrogens with one attached hydrogen (secondary N) is 1. The molecule has 1 heterocycles. The number of nitrogens with zero attached hydrogens (tertiary/aromatic N) is 1. The summed E-state index contributed by atoms with van der Waals surface area (Å²) in [7, 11) is -2.55. The van der Waals surface area contributed by atoms with Crippen LogP contribution in [0.15, 0.2) is 41.3 Å². The molecule has 0 bridgehead atoms. The van der Waals surface area contributed by atoms with Crippen LogP contribution in [-0.2, 0) is 14.8 Å². The predicted octanol–water partition coefficient (Wildman–Crippen LogP) is 3.07. The normalized spacial score (nSPS) is 17.5. The van der Waals surface area contributed by atoms with E-state index in [0.29, 0.717) is 17.7 Å². The highest BCUT2D eigenvalue weighted by molar-refractivity contribution is 7.89. The molecule has 1 aliphatic heterocycles. The van der Waals surface area contributed by atoms with Gasteiger partial charge in [-0.15, -0.1) is 0 Å². The first-order chi connectivity index (χ1) is 13.2. The highest BCUT2D eigenvalue weighted by atomic mass is 32.2. The molecule has 1 aliphatic rings. The van der Waals surface area contributed by atoms with E-state index in [1.165, 1.54) is 13.2 Å². The van der Waals surface area contributed by atoms with Crippen molar-refractivity contribution in [2.75, 3.05) is 19.0 Å². The summed E-state index contributed by atoms with van der Waals surface area (Å²) in [6.07, 6.45) is 0.761. The number of halogens is 2. The first-order valence-electron chi connectivity index (χ1n) is 8.66. The third-order valence-electron chi connectivity index (χ3n) is 4.67. The molecule has 0 radical (unpaired) electrons. The second-order valence-electron chi connectivity index (χ2n) is 6.52. The van der Waals surface area contributed by atoms with E-state index < -0.39 is 33.6 Å². The molecule has 1 amide bonds. The molecule has 0 aliphatic carbocycles. The monoisotopic (exact) mass is 410 g/mol. The minimum atomic E-state index is -3.98. The fraction of sp³-hybridized carbons (Fsp3) is 0.316. The van der Waals surface area contributed by atoms with Gasteiger partial charge in [0.15, 0.2) is 0 Å². The summed E-state index contributed by atoms with van der Waals surface area (Å²) in [5, 5.41) is 2.30. The van der Waals surface area contributed by atoms with Gasteiger partial charge in [0.05, 0.1) is 17.7 Å². The van der Waals surface area contributed by atoms with Crippen molar-refractivity contribution in [1.82, 2.24) is 4.31 Å². The summed E-state index contributed by atoms with van der Waals surface area (Å²) in [5.41, 5.74) is 0.190. The summed E-state index contributed by atoms with van der Waals surface area (Å²) in [5.74, 6) is -1.83. The smallest absolute Gasteiger partial charge is 0.244 e. The van der Waals surface area contributed by atoms with E-state index in [-0.39, 0.29) is 23.5 Å². The van der Waals surface area contributed by atoms with Crippen LogP contribution in [0.3, 0.4) is 0 Å². The maximum Gasteiger partial charge on any atom is 0.244 e. The molecular weight excluding hydrogens is 390 g/mol. The van der Waals surface area contributed by atoms with Gasteiger partial charge in [0, 0.05) is 18.7 Å². The van der Waals surface area contributed by atoms with Crippen LogP contribution in [-0.4, -0.2) is 38.3 Å². The average molecular weight is 410 g/mol. The molecule has 6 nitrogen and oxygen atoms in total. The fourth-order valence-electron chi connectivity index (χ4n) is 3.21. The van der Waals surface area contributed by atoms with Crippen LogP contribution in [0.4, 0.5) is 14.5 Å². The molecule has 1 atom stereocenters. The van der Waals surface area contributed by atoms with Gasteiger partial charge in [-0.2, -0.15) is 4.31 Å². The van der Waals surface area contributed by atoms with Crippen LogP contribution >= 0.6 is 0 Å². The van der Waals surface area contributed by atoms with Crippen LogP contribution in [0, 0.1) is 18.6 Å². The Morgan fingerprint density at radius 1 is 1.21 bits per heavy atom. The first kappa shape index (κ1) is 20.2. The molecule has 0 aromatic heterocycles. The Morgan fingerprint density at radius 3 is 2.68 bits per heavy atom. The van der Waals surface area contributed by atoms with Crippen molar-refractivity contribution >= 4 is 21.6 Å². The molecule has 3 rings (SSSR count). The van der Waals surface area contributed by atoms with Crippen molar-refractivity contribution in [2.45, 2.75) is 30.7 Å². The van der Waals surface area contributed by atoms with E-state index in [9.17, 15) is 22.0 Å². The van der Waals surface area contributed by atoms with Crippen LogP contribution in [0.2, 0.25) is 0 Å². The van der Waals surface area contributed by atoms with E-state index in [0.717, 1.165) is 22.5 Å². The number of hydrogen-bond acceptors (Lipinski definition) is 4. The van der Waals surface area contributed by atoms with Crippen LogP contribution in [0.25, 0.3) is 0 Å². The van der Waals surface area contributed by atoms with Gasteiger partial charge in [0.25, 0.3) is 0 Å². The zero-order valence-corrected chi connectivity index (χ0v) is 16.2. The Hall–Kier alpha value is -2.52. The lowest BCUT2D eigenvalue weighted by atomic mass is 10.2. The number of aryl methyl sites for hydroxylation is 1. The quantitative estimate of drug-likeness (QED) is 0.822. The fourth-order valence-corrected chi connectivity index (χ4v) is 5.11. The maximum absolute atomic E-state index is 13.8. The SMILES string of the molecule is COc1ccc(C)c(S(=O)(=O)N2CCC[C@H]2C(=O)Nc2cc(F)ccc2F)c1. The number of ether oxygens (including phenoxy) is 1. The molecule has 0 spiro atoms. The topological polar surface area (TPSA) is 75.7 Å². The van der Waals surface area contributed by atoms with Crippen LogP contribution in [0.5, 0.6) is 5.75 Å². The molecule has 0 saturated carbocycles. The van der Waals surface area contributed by atoms with Gasteiger partial charge in [-0.05, 0) is 43.5 Å². The zero-order valence-electron chi connectivity index (χ0n) is 15.4. The lowest BCUT2D eigenvalue weighted by molar-refractivity contribution is -0.119. The molecule has 1 N–H and O–H groups in total. The van der Waals surface area contributed by atoms with Gasteiger partial charge < -0.3 is 10.1 Å². The third kappa shape index (κ3) is 3.85. The van der Waals surface area contributed by atoms with Crippen LogP contribution in [0.1, 0.15) is 18.4 Å². The van der Waals surface area contributed by atoms with Gasteiger partial charge >= 0.3 is 0 Å². The number of carbonyl (C=O) groups excluding carboxylic acids is 1. The number of amides is 1. The van der Waals surface area contributed by atoms with Crippen molar-refractivity contribution in [3.63, 3.8) is 0 Å². The molecule has 28 heavy (non-hydrogen) atoms. The Kier molecular flexibility index (Phi) is 5.66. The molecule has 2 aromatic rings. The van der Waals surface area contributed by atoms with Crippen molar-refractivity contribution in [1.29, 1.82) is 0 Å². The lowest BCUT2D eigenvalue weighted by Gasteiger charge is -2.24. The largest absolute Gasteiger partial charge is 0.497 e. The summed E-state index contributed by atoms with van der Waals surface area (Å²) in [6, 6.07) is 6.35. The van der Waals surface area contributed by atoms with Gasteiger partial charge in [0.1, 0.15) is 23.4 Å². The molecule has 1 fully saturated rings. The second-order valence-corrected chi connectivity index (χ2v) is 8.38. The molecule has 0 unspecified atom stereocenters. The van der Waals surface area contributed by atoms with E-state index in [4.69, 9.17) is 4.74 Å². The lowest BCUT2D eigenvalue weighted by Crippen LogP contribution is -2.43. The summed E-state index contributed by atoms with van der Waals surface area (Å²) in [6.45, 7) is 1.81. The van der Waals surface area contributed by atoms with E-state index >= 15 is 0 Å². The molecule has 9 heteroatoms. The molecular formula is C19H20F2N2O4S. The van der Waals surface area contributed by atoms with Crippen molar-refractivity contribution < 1.29 is 26.7 Å². The highest BCUT2D eigenvalue weighted by Crippen LogP contribution is 2.31. The van der Waals surface area contributed by atoms with Crippen molar-refractivity contribution in [3.8, 4) is 5.75 Å². The molecule has 1 saturated heterocycles. The number of methoxy groups -OCH3 is 1. The summed E-state index contributed by atoms with van der Waals surface area (Å²) in [4.78, 5) is 12.7. The van der Waals surface area contributed by atoms with Crippen LogP contribution < -0.4 is 10.1 Å². The first-order valence-corrected chi connectivity index (χ1v) is 10.1. The number of sulfonamides is 1. The maximum atomic E-state index is 13.8. The second kappa shape index (κ2) is 7.84. The minimum Gasteiger partial charge on any atom is -0.497 e. The number of rotatable bonds is 5. The summed E-state index contributed by atoms with van der Waals surface area (Å²) < 4.78 is 59.7. The van der Waals surface area contributed by atoms with Gasteiger partial charge in [-0.25, -0.2) is 17.2 Å². The predicted molar refractivity (Wildman–Crippen MR) is 99.6 cm³/mol. The zero-order chi connectivity index (χ0) is 20.5. The van der Waals surface area contributed by atoms with Crippen molar-refractivity contribution in [3.05, 3.63) is 53.6 Å². The number of anilines is 1. The van der Waals surface area contributed by atoms with Gasteiger partial charge in [-0.1, -0.05) is 6.07 Å². The van der Waals surface area contributed by atoms with Crippen molar-refractivity contribution in [2.24, 2.45) is 0 Å². The van der Waals surface area contributed by atoms with E-state index in [1.807, 2.05) is 0 Å². The number of benzene rings is 2. The molecule has 2 aromatic carbocycles. The Morgan fingerprint density at radius 2 is 1.96 bits per heavy atom. The number of hydrogen-bond donors (Lipinski definition) is 1. The van der Waals surface area contributed by atoms with Gasteiger partial charge in [-0.3, -0.25) is 4.79 Å². The average Bonchev–Trinajstić information content (AvgIpc) is 3.16. The van der Waals surface area contributed by atoms with E-state index in [1.54, 1.807) is 19.1 Å². The van der Waals surface area contributed by atoms with E-state index in [2.05, 4.69) is 5.32 Å². The highest BCUT2D eigenvalue weighted by Gasteiger charge is 2.40. The minimum absolute atomic E-state index is 0.0449. The summed E-state index contributed by atoms with van der Waals surface area (Å²) >= 11 is 0. The standard InChI is InChI=1S/C19H20F2N2O4S/c1-12-5-7-14(27-2)11-18(12)28(25,26)23-9-3-4-17(23)19(24)22-16-10-13(20)6-8-15(16)21/h5-8,10-11,17H,3-4,9H2,1-2H3,(H,22,24)/t17-/m0/s1. The Labute approximate surface area is 162 Å².